The fourth-order valence-electron chi connectivity index (χ4n) is 1.24. The summed E-state index contributed by atoms with van der Waals surface area (Å²) in [6.45, 7) is -1.30. The lowest BCUT2D eigenvalue weighted by Gasteiger charge is -2.08. The van der Waals surface area contributed by atoms with E-state index in [4.69, 9.17) is 11.6 Å². The summed E-state index contributed by atoms with van der Waals surface area (Å²) in [5.41, 5.74) is 0.747. The van der Waals surface area contributed by atoms with Gasteiger partial charge in [0, 0.05) is 11.4 Å². The van der Waals surface area contributed by atoms with Gasteiger partial charge >= 0.3 is 6.18 Å². The van der Waals surface area contributed by atoms with Crippen LogP contribution in [0.25, 0.3) is 0 Å². The van der Waals surface area contributed by atoms with Gasteiger partial charge in [0.1, 0.15) is 6.54 Å². The van der Waals surface area contributed by atoms with Crippen LogP contribution >= 0.6 is 11.6 Å². The van der Waals surface area contributed by atoms with Gasteiger partial charge in [-0.3, -0.25) is 4.79 Å². The molecule has 17 heavy (non-hydrogen) atoms. The lowest BCUT2D eigenvalue weighted by molar-refractivity contribution is -0.138. The van der Waals surface area contributed by atoms with Crippen LogP contribution in [0.4, 0.5) is 13.2 Å². The zero-order chi connectivity index (χ0) is 12.9. The molecule has 1 aromatic rings. The highest BCUT2D eigenvalue weighted by Gasteiger charge is 2.27. The number of aryl methyl sites for hydroxylation is 1. The lowest BCUT2D eigenvalue weighted by Crippen LogP contribution is -2.33. The van der Waals surface area contributed by atoms with E-state index in [-0.39, 0.29) is 6.42 Å². The summed E-state index contributed by atoms with van der Waals surface area (Å²) in [5, 5.41) is 2.32. The Labute approximate surface area is 102 Å². The molecule has 1 aromatic carbocycles. The van der Waals surface area contributed by atoms with E-state index in [9.17, 15) is 18.0 Å². The second-order valence-corrected chi connectivity index (χ2v) is 3.89. The predicted octanol–water partition coefficient (Wildman–Crippen LogP) is 2.95. The Morgan fingerprint density at radius 3 is 2.53 bits per heavy atom. The monoisotopic (exact) mass is 265 g/mol. The number of benzene rings is 1. The van der Waals surface area contributed by atoms with Crippen molar-refractivity contribution in [2.24, 2.45) is 0 Å². The minimum Gasteiger partial charge on any atom is -0.347 e. The maximum Gasteiger partial charge on any atom is 0.405 e. The lowest BCUT2D eigenvalue weighted by atomic mass is 10.1. The largest absolute Gasteiger partial charge is 0.405 e. The maximum atomic E-state index is 11.8. The number of hydrogen-bond acceptors (Lipinski definition) is 1. The molecule has 2 nitrogen and oxygen atoms in total. The van der Waals surface area contributed by atoms with Crippen molar-refractivity contribution in [2.45, 2.75) is 19.0 Å². The average molecular weight is 266 g/mol. The summed E-state index contributed by atoms with van der Waals surface area (Å²) in [5.74, 6) is -0.637. The van der Waals surface area contributed by atoms with E-state index in [1.807, 2.05) is 0 Å². The van der Waals surface area contributed by atoms with Crippen molar-refractivity contribution < 1.29 is 18.0 Å². The number of carbonyl (C=O) groups excluding carboxylic acids is 1. The van der Waals surface area contributed by atoms with Crippen LogP contribution in [0.1, 0.15) is 12.0 Å². The number of halogens is 4. The van der Waals surface area contributed by atoms with E-state index < -0.39 is 18.6 Å². The zero-order valence-electron chi connectivity index (χ0n) is 8.85. The highest BCUT2D eigenvalue weighted by molar-refractivity contribution is 6.31. The van der Waals surface area contributed by atoms with Gasteiger partial charge in [-0.15, -0.1) is 0 Å². The van der Waals surface area contributed by atoms with Gasteiger partial charge in [-0.05, 0) is 18.1 Å². The van der Waals surface area contributed by atoms with Crippen molar-refractivity contribution in [1.82, 2.24) is 5.32 Å². The smallest absolute Gasteiger partial charge is 0.347 e. The molecule has 0 heterocycles. The first kappa shape index (κ1) is 13.8. The molecule has 0 aliphatic carbocycles. The Morgan fingerprint density at radius 2 is 1.94 bits per heavy atom. The van der Waals surface area contributed by atoms with Crippen LogP contribution in [0.5, 0.6) is 0 Å². The zero-order valence-corrected chi connectivity index (χ0v) is 9.61. The Morgan fingerprint density at radius 1 is 1.29 bits per heavy atom. The van der Waals surface area contributed by atoms with Crippen LogP contribution in [0.3, 0.4) is 0 Å². The molecular weight excluding hydrogens is 255 g/mol. The van der Waals surface area contributed by atoms with Gasteiger partial charge in [0.25, 0.3) is 0 Å². The van der Waals surface area contributed by atoms with E-state index in [0.29, 0.717) is 11.4 Å². The highest BCUT2D eigenvalue weighted by Crippen LogP contribution is 2.16. The number of hydrogen-bond donors (Lipinski definition) is 1. The van der Waals surface area contributed by atoms with E-state index in [2.05, 4.69) is 0 Å². The second-order valence-electron chi connectivity index (χ2n) is 3.48. The number of carbonyl (C=O) groups is 1. The van der Waals surface area contributed by atoms with Crippen molar-refractivity contribution in [3.05, 3.63) is 34.9 Å². The molecule has 0 atom stereocenters. The first-order chi connectivity index (χ1) is 7.88. The van der Waals surface area contributed by atoms with Gasteiger partial charge < -0.3 is 5.32 Å². The van der Waals surface area contributed by atoms with Crippen molar-refractivity contribution >= 4 is 17.5 Å². The van der Waals surface area contributed by atoms with Gasteiger partial charge in [-0.2, -0.15) is 13.2 Å². The van der Waals surface area contributed by atoms with Gasteiger partial charge in [-0.1, -0.05) is 29.8 Å². The SMILES string of the molecule is O=C(CCc1ccccc1Cl)NCC(F)(F)F. The molecule has 0 aliphatic heterocycles. The molecule has 1 rings (SSSR count). The van der Waals surface area contributed by atoms with Crippen molar-refractivity contribution in [3.8, 4) is 0 Å². The van der Waals surface area contributed by atoms with Crippen LogP contribution in [0.15, 0.2) is 24.3 Å². The maximum absolute atomic E-state index is 11.8. The van der Waals surface area contributed by atoms with Crippen LogP contribution < -0.4 is 5.32 Å². The molecule has 1 N–H and O–H groups in total. The third-order valence-corrected chi connectivity index (χ3v) is 2.43. The quantitative estimate of drug-likeness (QED) is 0.891. The van der Waals surface area contributed by atoms with Gasteiger partial charge in [-0.25, -0.2) is 0 Å². The molecule has 0 bridgehead atoms. The fraction of sp³-hybridized carbons (Fsp3) is 0.364. The standard InChI is InChI=1S/C11H11ClF3NO/c12-9-4-2-1-3-8(9)5-6-10(17)16-7-11(13,14)15/h1-4H,5-7H2,(H,16,17). The molecule has 0 spiro atoms. The Balaban J connectivity index is 2.36. The minimum atomic E-state index is -4.37. The first-order valence-corrected chi connectivity index (χ1v) is 5.33. The van der Waals surface area contributed by atoms with Gasteiger partial charge in [0.05, 0.1) is 0 Å². The Kier molecular flexibility index (Phi) is 4.81. The van der Waals surface area contributed by atoms with Crippen LogP contribution in [0, 0.1) is 0 Å². The summed E-state index contributed by atoms with van der Waals surface area (Å²) in [6, 6.07) is 6.91. The van der Waals surface area contributed by atoms with Crippen LogP contribution in [-0.2, 0) is 11.2 Å². The van der Waals surface area contributed by atoms with E-state index in [1.165, 1.54) is 0 Å². The summed E-state index contributed by atoms with van der Waals surface area (Å²) in [4.78, 5) is 11.1. The Hall–Kier alpha value is -1.23. The first-order valence-electron chi connectivity index (χ1n) is 4.95. The number of alkyl halides is 3. The summed E-state index contributed by atoms with van der Waals surface area (Å²) in [7, 11) is 0. The number of amides is 1. The average Bonchev–Trinajstić information content (AvgIpc) is 2.24. The van der Waals surface area contributed by atoms with Crippen LogP contribution in [-0.4, -0.2) is 18.6 Å². The normalized spacial score (nSPS) is 11.3. The molecule has 94 valence electrons. The van der Waals surface area contributed by atoms with Crippen molar-refractivity contribution in [2.75, 3.05) is 6.54 Å². The Bertz CT molecular complexity index is 393. The molecule has 0 radical (unpaired) electrons. The fourth-order valence-corrected chi connectivity index (χ4v) is 1.47. The van der Waals surface area contributed by atoms with E-state index in [0.717, 1.165) is 5.56 Å². The number of rotatable bonds is 4. The third kappa shape index (κ3) is 5.58. The molecular formula is C11H11ClF3NO. The minimum absolute atomic E-state index is 0.0141. The molecule has 1 amide bonds. The molecule has 0 saturated heterocycles. The molecule has 6 heteroatoms. The topological polar surface area (TPSA) is 29.1 Å². The molecule has 0 aromatic heterocycles. The van der Waals surface area contributed by atoms with E-state index >= 15 is 0 Å². The number of nitrogens with one attached hydrogen (secondary N) is 1. The molecule has 0 saturated carbocycles. The van der Waals surface area contributed by atoms with Gasteiger partial charge in [0.2, 0.25) is 5.91 Å². The molecule has 0 fully saturated rings. The second kappa shape index (κ2) is 5.91. The third-order valence-electron chi connectivity index (χ3n) is 2.07. The molecule has 0 aliphatic rings. The highest BCUT2D eigenvalue weighted by atomic mass is 35.5. The summed E-state index contributed by atoms with van der Waals surface area (Å²) in [6.07, 6.45) is -4.07. The summed E-state index contributed by atoms with van der Waals surface area (Å²) < 4.78 is 35.4. The van der Waals surface area contributed by atoms with Gasteiger partial charge in [0.15, 0.2) is 0 Å². The van der Waals surface area contributed by atoms with Crippen molar-refractivity contribution in [1.29, 1.82) is 0 Å². The van der Waals surface area contributed by atoms with Crippen molar-refractivity contribution in [3.63, 3.8) is 0 Å². The van der Waals surface area contributed by atoms with Crippen LogP contribution in [0.2, 0.25) is 5.02 Å². The molecule has 0 unspecified atom stereocenters. The predicted molar refractivity (Wildman–Crippen MR) is 58.8 cm³/mol. The van der Waals surface area contributed by atoms with E-state index in [1.54, 1.807) is 29.6 Å². The summed E-state index contributed by atoms with van der Waals surface area (Å²) >= 11 is 5.85.